The number of hydrogen-bond acceptors (Lipinski definition) is 20. The molecule has 0 aliphatic carbocycles. The molecule has 1 aliphatic heterocycles. The van der Waals surface area contributed by atoms with Crippen molar-refractivity contribution in [3.8, 4) is 5.75 Å². The highest BCUT2D eigenvalue weighted by molar-refractivity contribution is 14.1. The molecule has 544 valence electrons. The molecule has 0 spiro atoms. The largest absolute Gasteiger partial charge is 0.549 e. The third-order valence-electron chi connectivity index (χ3n) is 16.4. The van der Waals surface area contributed by atoms with Gasteiger partial charge in [0.1, 0.15) is 35.7 Å². The summed E-state index contributed by atoms with van der Waals surface area (Å²) in [6, 6.07) is 5.07. The first-order valence-corrected chi connectivity index (χ1v) is 33.7. The average molecular weight is 1500 g/mol. The number of phenols is 1. The Balaban J connectivity index is 1.58. The average Bonchev–Trinajstić information content (AvgIpc) is 0.897. The van der Waals surface area contributed by atoms with Crippen molar-refractivity contribution in [2.45, 2.75) is 165 Å². The van der Waals surface area contributed by atoms with Crippen LogP contribution >= 0.6 is 22.6 Å². The Morgan fingerprint density at radius 3 is 1.50 bits per heavy atom. The first kappa shape index (κ1) is 83.8. The summed E-state index contributed by atoms with van der Waals surface area (Å²) in [5.41, 5.74) is 1.13. The van der Waals surface area contributed by atoms with Crippen molar-refractivity contribution in [3.05, 3.63) is 63.2 Å². The van der Waals surface area contributed by atoms with Gasteiger partial charge in [-0.25, -0.2) is 19.2 Å². The standard InChI is InChI=1S/C65H94IN9O23/c66-46-36-43(20-23-52(46)77)37-50(68-55(80)24-22-51(64(96)97)75-33-31-73(40-58(85)86)29-27-72(39-57(83)84)28-30-74(32-34-75)41-59(87)88)53(78)38-44(35-42-13-5-3-6-14-42)60(89)69-47(61(90)91)18-11-12-26-67-54(79)19-10-2-1-7-15-45(76)16-8-4-9-17-48(62(92)93)70-65(98)71-49(63(94)95)21-25-56(81)82/h3,5-6,13-14,20,23,36,44,47-51,77H,1-2,4,7-12,15-19,21-22,24-35,37-41H2,(H,67,79)(H,68,80)(H,69,89)(H,81,82)(H,83,84)(H,85,86)(H,87,88)(H,90,91)(H,92,93)(H,94,95)(H,96,97)(H2,70,71,98)/p-1/t44-,47+,48-,49-,50+,51+/m0/s1. The monoisotopic (exact) mass is 1490 g/mol. The number of amides is 5. The fourth-order valence-corrected chi connectivity index (χ4v) is 11.6. The minimum absolute atomic E-state index is 0.00810. The van der Waals surface area contributed by atoms with Gasteiger partial charge < -0.3 is 77.3 Å². The molecule has 3 rings (SSSR count). The van der Waals surface area contributed by atoms with Gasteiger partial charge in [-0.2, -0.15) is 0 Å². The van der Waals surface area contributed by atoms with Gasteiger partial charge in [-0.1, -0.05) is 62.1 Å². The third-order valence-corrected chi connectivity index (χ3v) is 17.3. The molecule has 2 aromatic rings. The fraction of sp³-hybridized carbons (Fsp3) is 0.600. The van der Waals surface area contributed by atoms with E-state index in [2.05, 4.69) is 26.6 Å². The van der Waals surface area contributed by atoms with Crippen LogP contribution in [0.25, 0.3) is 0 Å². The molecule has 0 bridgehead atoms. The van der Waals surface area contributed by atoms with Crippen molar-refractivity contribution in [3.63, 3.8) is 0 Å². The SMILES string of the molecule is O=C([O-])CN1CCN(CC(=O)O)CCN(CC(=O)O)CCN([C@H](CCC(=O)N[C@H](Cc2ccc(O)c(I)c2)C(=O)C[C@H](Cc2ccccc2)C(=O)N[C@H](CCCCNC(=O)CCCCCCC(=O)CCCCC[C@H](NC(=O)N[C@@H](CCC(=O)O)C(=O)O)C(=O)O)C(=O)O)C(=O)O)CC1. The van der Waals surface area contributed by atoms with Crippen molar-refractivity contribution >= 4 is 106 Å². The Hall–Kier alpha value is -8.41. The summed E-state index contributed by atoms with van der Waals surface area (Å²) in [5.74, 6) is -14.2. The number of phenolic OH excluding ortho intramolecular Hbond substituents is 1. The molecule has 1 aliphatic rings. The number of aliphatic carboxylic acids is 8. The van der Waals surface area contributed by atoms with Crippen molar-refractivity contribution in [1.29, 1.82) is 0 Å². The number of carbonyl (C=O) groups excluding carboxylic acids is 7. The Bertz CT molecular complexity index is 2970. The minimum atomic E-state index is -1.53. The van der Waals surface area contributed by atoms with Gasteiger partial charge in [0, 0.05) is 110 Å². The van der Waals surface area contributed by atoms with Gasteiger partial charge in [0.25, 0.3) is 0 Å². The molecular formula is C65H93IN9O23-. The normalized spacial score (nSPS) is 15.4. The number of rotatable bonds is 47. The molecule has 32 nitrogen and oxygen atoms in total. The highest BCUT2D eigenvalue weighted by Crippen LogP contribution is 2.23. The topological polar surface area (TPSA) is 497 Å². The van der Waals surface area contributed by atoms with E-state index in [4.69, 9.17) is 5.11 Å². The van der Waals surface area contributed by atoms with Crippen molar-refractivity contribution in [1.82, 2.24) is 46.2 Å². The zero-order chi connectivity index (χ0) is 72.7. The molecule has 6 atom stereocenters. The van der Waals surface area contributed by atoms with Crippen LogP contribution in [0.2, 0.25) is 0 Å². The van der Waals surface area contributed by atoms with Gasteiger partial charge in [-0.15, -0.1) is 0 Å². The van der Waals surface area contributed by atoms with Crippen LogP contribution in [0.5, 0.6) is 5.75 Å². The molecule has 33 heteroatoms. The Morgan fingerprint density at radius 1 is 0.469 bits per heavy atom. The lowest BCUT2D eigenvalue weighted by Gasteiger charge is -2.35. The zero-order valence-electron chi connectivity index (χ0n) is 54.8. The number of carboxylic acids is 8. The lowest BCUT2D eigenvalue weighted by Crippen LogP contribution is -2.52. The summed E-state index contributed by atoms with van der Waals surface area (Å²) in [7, 11) is 0. The third kappa shape index (κ3) is 35.7. The summed E-state index contributed by atoms with van der Waals surface area (Å²) in [6.07, 6.45) is 2.78. The predicted molar refractivity (Wildman–Crippen MR) is 355 cm³/mol. The molecule has 0 radical (unpaired) electrons. The van der Waals surface area contributed by atoms with Crippen LogP contribution in [0.3, 0.4) is 0 Å². The van der Waals surface area contributed by atoms with Gasteiger partial charge in [-0.05, 0) is 116 Å². The molecular weight excluding hydrogens is 1400 g/mol. The number of aromatic hydroxyl groups is 1. The van der Waals surface area contributed by atoms with Crippen LogP contribution in [0.1, 0.15) is 133 Å². The van der Waals surface area contributed by atoms with Crippen molar-refractivity contribution in [2.75, 3.05) is 78.5 Å². The van der Waals surface area contributed by atoms with Crippen LogP contribution in [-0.4, -0.2) is 252 Å². The van der Waals surface area contributed by atoms with Gasteiger partial charge >= 0.3 is 47.8 Å². The number of halogens is 1. The number of Topliss-reactive ketones (excluding diaryl/α,β-unsaturated/α-hetero) is 2. The number of carboxylic acid groups (broad SMARTS) is 8. The fourth-order valence-electron chi connectivity index (χ4n) is 11.0. The Labute approximate surface area is 580 Å². The molecule has 98 heavy (non-hydrogen) atoms. The summed E-state index contributed by atoms with van der Waals surface area (Å²) in [5, 5.41) is 102. The number of benzene rings is 2. The van der Waals surface area contributed by atoms with E-state index in [1.165, 1.54) is 31.7 Å². The summed E-state index contributed by atoms with van der Waals surface area (Å²) < 4.78 is 0.419. The van der Waals surface area contributed by atoms with E-state index in [0.717, 1.165) is 0 Å². The van der Waals surface area contributed by atoms with E-state index in [9.17, 15) is 108 Å². The molecule has 0 unspecified atom stereocenters. The first-order chi connectivity index (χ1) is 46.5. The number of unbranched alkanes of at least 4 members (excludes halogenated alkanes) is 6. The quantitative estimate of drug-likeness (QED) is 0.0325. The number of nitrogens with zero attached hydrogens (tertiary/aromatic N) is 4. The Kier molecular flexibility index (Phi) is 39.3. The van der Waals surface area contributed by atoms with Crippen molar-refractivity contribution < 1.29 is 113 Å². The number of ketones is 2. The molecule has 5 amide bonds. The molecule has 0 aromatic heterocycles. The van der Waals surface area contributed by atoms with Crippen LogP contribution < -0.4 is 31.7 Å². The molecule has 13 N–H and O–H groups in total. The van der Waals surface area contributed by atoms with Gasteiger partial charge in [0.15, 0.2) is 5.78 Å². The molecule has 2 aromatic carbocycles. The van der Waals surface area contributed by atoms with Crippen LogP contribution in [0, 0.1) is 9.49 Å². The second-order valence-electron chi connectivity index (χ2n) is 24.2. The molecule has 1 heterocycles. The summed E-state index contributed by atoms with van der Waals surface area (Å²) in [6.45, 7) is -1.13. The van der Waals surface area contributed by atoms with E-state index in [1.807, 2.05) is 22.6 Å². The van der Waals surface area contributed by atoms with Crippen LogP contribution in [0.4, 0.5) is 4.79 Å². The molecule has 1 saturated heterocycles. The van der Waals surface area contributed by atoms with Gasteiger partial charge in [-0.3, -0.25) is 62.8 Å². The smallest absolute Gasteiger partial charge is 0.326 e. The van der Waals surface area contributed by atoms with Crippen molar-refractivity contribution in [2.24, 2.45) is 5.92 Å². The highest BCUT2D eigenvalue weighted by Gasteiger charge is 2.34. The highest BCUT2D eigenvalue weighted by atomic mass is 127. The maximum absolute atomic E-state index is 14.6. The van der Waals surface area contributed by atoms with E-state index in [-0.39, 0.29) is 128 Å². The predicted octanol–water partition coefficient (Wildman–Crippen LogP) is 1.00. The van der Waals surface area contributed by atoms with E-state index < -0.39 is 153 Å². The van der Waals surface area contributed by atoms with Gasteiger partial charge in [0.05, 0.1) is 28.7 Å². The molecule has 1 fully saturated rings. The minimum Gasteiger partial charge on any atom is -0.549 e. The maximum Gasteiger partial charge on any atom is 0.326 e. The van der Waals surface area contributed by atoms with Crippen LogP contribution in [-0.2, 0) is 75.2 Å². The summed E-state index contributed by atoms with van der Waals surface area (Å²) in [4.78, 5) is 181. The lowest BCUT2D eigenvalue weighted by atomic mass is 9.89. The molecule has 0 saturated carbocycles. The second kappa shape index (κ2) is 46.0. The van der Waals surface area contributed by atoms with E-state index in [1.54, 1.807) is 36.4 Å². The number of hydrogen-bond donors (Lipinski definition) is 13. The number of nitrogens with one attached hydrogen (secondary N) is 5. The zero-order valence-corrected chi connectivity index (χ0v) is 56.9. The van der Waals surface area contributed by atoms with E-state index >= 15 is 0 Å². The lowest BCUT2D eigenvalue weighted by molar-refractivity contribution is -0.306. The van der Waals surface area contributed by atoms with Crippen LogP contribution in [0.15, 0.2) is 48.5 Å². The van der Waals surface area contributed by atoms with E-state index in [0.29, 0.717) is 72.5 Å². The second-order valence-corrected chi connectivity index (χ2v) is 25.4. The Morgan fingerprint density at radius 2 is 0.980 bits per heavy atom. The number of urea groups is 1. The first-order valence-electron chi connectivity index (χ1n) is 32.7. The summed E-state index contributed by atoms with van der Waals surface area (Å²) >= 11 is 1.89. The number of carbonyl (C=O) groups is 14. The maximum atomic E-state index is 14.6. The van der Waals surface area contributed by atoms with Gasteiger partial charge in [0.2, 0.25) is 17.7 Å².